The molecule has 0 N–H and O–H groups in total. The van der Waals surface area contributed by atoms with Gasteiger partial charge < -0.3 is 0 Å². The molecule has 0 radical (unpaired) electrons. The second kappa shape index (κ2) is 5.55. The lowest BCUT2D eigenvalue weighted by atomic mass is 9.84. The van der Waals surface area contributed by atoms with E-state index in [4.69, 9.17) is 0 Å². The molecule has 0 aliphatic heterocycles. The molecule has 0 amide bonds. The summed E-state index contributed by atoms with van der Waals surface area (Å²) >= 11 is 0. The smallest absolute Gasteiger partial charge is 0.0147 e. The Morgan fingerprint density at radius 3 is 2.73 bits per heavy atom. The number of rotatable bonds is 3. The zero-order valence-corrected chi connectivity index (χ0v) is 9.96. The number of hydrogen-bond donors (Lipinski definition) is 0. The van der Waals surface area contributed by atoms with E-state index in [0.717, 1.165) is 6.42 Å². The molecule has 0 aromatic heterocycles. The molecule has 1 atom stereocenters. The third-order valence-electron chi connectivity index (χ3n) is 2.68. The third-order valence-corrected chi connectivity index (χ3v) is 2.68. The van der Waals surface area contributed by atoms with Gasteiger partial charge in [-0.3, -0.25) is 0 Å². The summed E-state index contributed by atoms with van der Waals surface area (Å²) in [5.41, 5.74) is 4.16. The molecule has 0 saturated heterocycles. The monoisotopic (exact) mass is 200 g/mol. The highest BCUT2D eigenvalue weighted by Crippen LogP contribution is 2.30. The first-order chi connectivity index (χ1) is 7.19. The standard InChI is InChI=1S/C15H20/c1-5-7-14(8-6-2)15-10-9-12(3)11-13(15)4/h5-10,13H,1,11H2,2-4H3/b8-6-,14-7+. The van der Waals surface area contributed by atoms with Crippen molar-refractivity contribution in [3.63, 3.8) is 0 Å². The second-order valence-corrected chi connectivity index (χ2v) is 4.10. The van der Waals surface area contributed by atoms with Gasteiger partial charge in [-0.25, -0.2) is 0 Å². The van der Waals surface area contributed by atoms with Crippen LogP contribution < -0.4 is 0 Å². The summed E-state index contributed by atoms with van der Waals surface area (Å²) in [7, 11) is 0. The molecule has 15 heavy (non-hydrogen) atoms. The lowest BCUT2D eigenvalue weighted by molar-refractivity contribution is 0.672. The van der Waals surface area contributed by atoms with Crippen LogP contribution in [0.3, 0.4) is 0 Å². The summed E-state index contributed by atoms with van der Waals surface area (Å²) < 4.78 is 0. The molecule has 0 heteroatoms. The van der Waals surface area contributed by atoms with Gasteiger partial charge in [0.1, 0.15) is 0 Å². The van der Waals surface area contributed by atoms with Gasteiger partial charge in [0.05, 0.1) is 0 Å². The Balaban J connectivity index is 3.03. The highest BCUT2D eigenvalue weighted by molar-refractivity contribution is 5.46. The topological polar surface area (TPSA) is 0 Å². The van der Waals surface area contributed by atoms with Crippen molar-refractivity contribution in [2.24, 2.45) is 5.92 Å². The van der Waals surface area contributed by atoms with Crippen LogP contribution in [0, 0.1) is 5.92 Å². The quantitative estimate of drug-likeness (QED) is 0.585. The molecule has 1 unspecified atom stereocenters. The van der Waals surface area contributed by atoms with Gasteiger partial charge in [-0.05, 0) is 37.3 Å². The molecule has 0 spiro atoms. The van der Waals surface area contributed by atoms with Crippen molar-refractivity contribution in [2.75, 3.05) is 0 Å². The molecular weight excluding hydrogens is 180 g/mol. The van der Waals surface area contributed by atoms with E-state index < -0.39 is 0 Å². The van der Waals surface area contributed by atoms with Gasteiger partial charge in [-0.1, -0.05) is 55.5 Å². The molecule has 80 valence electrons. The second-order valence-electron chi connectivity index (χ2n) is 4.10. The van der Waals surface area contributed by atoms with E-state index in [1.807, 2.05) is 13.0 Å². The van der Waals surface area contributed by atoms with Gasteiger partial charge in [0.15, 0.2) is 0 Å². The molecule has 1 aliphatic rings. The first-order valence-corrected chi connectivity index (χ1v) is 5.52. The van der Waals surface area contributed by atoms with Crippen molar-refractivity contribution < 1.29 is 0 Å². The van der Waals surface area contributed by atoms with Crippen LogP contribution in [0.2, 0.25) is 0 Å². The zero-order chi connectivity index (χ0) is 11.3. The molecule has 0 aromatic rings. The maximum atomic E-state index is 3.76. The van der Waals surface area contributed by atoms with Crippen molar-refractivity contribution >= 4 is 0 Å². The molecule has 0 saturated carbocycles. The largest absolute Gasteiger partial charge is 0.0990 e. The van der Waals surface area contributed by atoms with E-state index in [0.29, 0.717) is 5.92 Å². The van der Waals surface area contributed by atoms with Crippen LogP contribution in [0.4, 0.5) is 0 Å². The molecule has 0 fully saturated rings. The fraction of sp³-hybridized carbons (Fsp3) is 0.333. The Morgan fingerprint density at radius 1 is 1.47 bits per heavy atom. The Kier molecular flexibility index (Phi) is 4.36. The van der Waals surface area contributed by atoms with E-state index in [1.54, 1.807) is 0 Å². The number of hydrogen-bond acceptors (Lipinski definition) is 0. The first kappa shape index (κ1) is 11.8. The van der Waals surface area contributed by atoms with Crippen LogP contribution >= 0.6 is 0 Å². The molecule has 0 bridgehead atoms. The van der Waals surface area contributed by atoms with E-state index in [-0.39, 0.29) is 0 Å². The Labute approximate surface area is 93.4 Å². The lowest BCUT2D eigenvalue weighted by Gasteiger charge is -2.21. The van der Waals surface area contributed by atoms with Crippen LogP contribution in [0.5, 0.6) is 0 Å². The summed E-state index contributed by atoms with van der Waals surface area (Å²) in [6.07, 6.45) is 13.8. The van der Waals surface area contributed by atoms with Gasteiger partial charge in [0.25, 0.3) is 0 Å². The predicted molar refractivity (Wildman–Crippen MR) is 68.7 cm³/mol. The fourth-order valence-electron chi connectivity index (χ4n) is 1.99. The highest BCUT2D eigenvalue weighted by Gasteiger charge is 2.14. The Morgan fingerprint density at radius 2 is 2.20 bits per heavy atom. The summed E-state index contributed by atoms with van der Waals surface area (Å²) in [5.74, 6) is 0.609. The summed E-state index contributed by atoms with van der Waals surface area (Å²) in [6, 6.07) is 0. The van der Waals surface area contributed by atoms with E-state index in [2.05, 4.69) is 50.8 Å². The van der Waals surface area contributed by atoms with Crippen LogP contribution in [0.25, 0.3) is 0 Å². The summed E-state index contributed by atoms with van der Waals surface area (Å²) in [6.45, 7) is 10.3. The van der Waals surface area contributed by atoms with Gasteiger partial charge in [-0.15, -0.1) is 0 Å². The van der Waals surface area contributed by atoms with Crippen LogP contribution in [0.15, 0.2) is 59.8 Å². The van der Waals surface area contributed by atoms with E-state index in [1.165, 1.54) is 16.7 Å². The van der Waals surface area contributed by atoms with Gasteiger partial charge in [0.2, 0.25) is 0 Å². The SMILES string of the molecule is C=C/C=C(\C=C/C)C1=CC=C(C)CC1C. The molecule has 1 aliphatic carbocycles. The van der Waals surface area contributed by atoms with Crippen molar-refractivity contribution in [1.29, 1.82) is 0 Å². The van der Waals surface area contributed by atoms with Crippen LogP contribution in [0.1, 0.15) is 27.2 Å². The van der Waals surface area contributed by atoms with Crippen molar-refractivity contribution in [3.05, 3.63) is 59.8 Å². The minimum Gasteiger partial charge on any atom is -0.0990 e. The Hall–Kier alpha value is -1.30. The van der Waals surface area contributed by atoms with Crippen molar-refractivity contribution in [1.82, 2.24) is 0 Å². The average Bonchev–Trinajstić information content (AvgIpc) is 2.17. The molecule has 0 nitrogen and oxygen atoms in total. The van der Waals surface area contributed by atoms with E-state index in [9.17, 15) is 0 Å². The van der Waals surface area contributed by atoms with Gasteiger partial charge in [0, 0.05) is 0 Å². The van der Waals surface area contributed by atoms with Gasteiger partial charge in [-0.2, -0.15) is 0 Å². The normalized spacial score (nSPS) is 22.6. The minimum atomic E-state index is 0.609. The fourth-order valence-corrected chi connectivity index (χ4v) is 1.99. The molecule has 0 aromatic carbocycles. The molecule has 1 rings (SSSR count). The first-order valence-electron chi connectivity index (χ1n) is 5.52. The van der Waals surface area contributed by atoms with Crippen LogP contribution in [-0.2, 0) is 0 Å². The lowest BCUT2D eigenvalue weighted by Crippen LogP contribution is -2.05. The minimum absolute atomic E-state index is 0.609. The Bertz CT molecular complexity index is 348. The van der Waals surface area contributed by atoms with Crippen molar-refractivity contribution in [3.8, 4) is 0 Å². The summed E-state index contributed by atoms with van der Waals surface area (Å²) in [5, 5.41) is 0. The van der Waals surface area contributed by atoms with Crippen molar-refractivity contribution in [2.45, 2.75) is 27.2 Å². The van der Waals surface area contributed by atoms with E-state index >= 15 is 0 Å². The highest BCUT2D eigenvalue weighted by atomic mass is 14.2. The van der Waals surface area contributed by atoms with Gasteiger partial charge >= 0.3 is 0 Å². The predicted octanol–water partition coefficient (Wildman–Crippen LogP) is 4.59. The zero-order valence-electron chi connectivity index (χ0n) is 9.96. The molecule has 0 heterocycles. The number of allylic oxidation sites excluding steroid dienone is 9. The maximum absolute atomic E-state index is 3.76. The third kappa shape index (κ3) is 3.09. The summed E-state index contributed by atoms with van der Waals surface area (Å²) in [4.78, 5) is 0. The average molecular weight is 200 g/mol. The van der Waals surface area contributed by atoms with Crippen LogP contribution in [-0.4, -0.2) is 0 Å². The maximum Gasteiger partial charge on any atom is -0.0147 e. The molecular formula is C15H20.